The first-order chi connectivity index (χ1) is 16.4. The zero-order valence-corrected chi connectivity index (χ0v) is 18.2. The molecule has 0 spiro atoms. The van der Waals surface area contributed by atoms with Gasteiger partial charge < -0.3 is 20.7 Å². The van der Waals surface area contributed by atoms with Crippen molar-refractivity contribution >= 4 is 40.1 Å². The maximum Gasteiger partial charge on any atom is 0.337 e. The van der Waals surface area contributed by atoms with Gasteiger partial charge in [0.1, 0.15) is 5.69 Å². The standard InChI is InChI=1S/C26H20N4O4/c1-15-5-2-3-6-17(15)13-23(31)28-21-8-4-7-18-12-22(29-24(18)21)25(32)30-20-10-9-16(14-27)11-19(20)26(33)34/h2-12,29H,13H2,1H3,(H,28,31)(H,30,32)(H,33,34). The lowest BCUT2D eigenvalue weighted by atomic mass is 10.1. The number of carbonyl (C=O) groups excluding carboxylic acids is 2. The molecule has 0 aliphatic heterocycles. The predicted molar refractivity (Wildman–Crippen MR) is 128 cm³/mol. The minimum Gasteiger partial charge on any atom is -0.478 e. The second-order valence-corrected chi connectivity index (χ2v) is 7.74. The molecule has 3 aromatic carbocycles. The average Bonchev–Trinajstić information content (AvgIpc) is 3.26. The van der Waals surface area contributed by atoms with Crippen LogP contribution in [0.5, 0.6) is 0 Å². The molecule has 0 bridgehead atoms. The smallest absolute Gasteiger partial charge is 0.337 e. The van der Waals surface area contributed by atoms with Gasteiger partial charge >= 0.3 is 5.97 Å². The fraction of sp³-hybridized carbons (Fsp3) is 0.0769. The summed E-state index contributed by atoms with van der Waals surface area (Å²) in [5, 5.41) is 24.6. The molecule has 8 heteroatoms. The van der Waals surface area contributed by atoms with Gasteiger partial charge in [0.25, 0.3) is 5.91 Å². The number of aromatic amines is 1. The van der Waals surface area contributed by atoms with Gasteiger partial charge in [0, 0.05) is 5.39 Å². The van der Waals surface area contributed by atoms with E-state index in [9.17, 15) is 19.5 Å². The Morgan fingerprint density at radius 3 is 2.50 bits per heavy atom. The van der Waals surface area contributed by atoms with Crippen molar-refractivity contribution in [2.24, 2.45) is 0 Å². The number of amides is 2. The van der Waals surface area contributed by atoms with Gasteiger partial charge in [0.2, 0.25) is 5.91 Å². The van der Waals surface area contributed by atoms with Gasteiger partial charge in [0.05, 0.1) is 40.5 Å². The van der Waals surface area contributed by atoms with E-state index in [-0.39, 0.29) is 34.8 Å². The van der Waals surface area contributed by atoms with Crippen LogP contribution in [0.25, 0.3) is 10.9 Å². The number of nitrogens with one attached hydrogen (secondary N) is 3. The third kappa shape index (κ3) is 4.64. The first-order valence-corrected chi connectivity index (χ1v) is 10.4. The van der Waals surface area contributed by atoms with Crippen LogP contribution in [0.2, 0.25) is 0 Å². The topological polar surface area (TPSA) is 135 Å². The number of anilines is 2. The Labute approximate surface area is 194 Å². The molecule has 0 radical (unpaired) electrons. The Morgan fingerprint density at radius 1 is 0.971 bits per heavy atom. The van der Waals surface area contributed by atoms with Crippen molar-refractivity contribution in [3.63, 3.8) is 0 Å². The summed E-state index contributed by atoms with van der Waals surface area (Å²) in [7, 11) is 0. The van der Waals surface area contributed by atoms with Gasteiger partial charge in [-0.2, -0.15) is 5.26 Å². The molecule has 4 aromatic rings. The Kier molecular flexibility index (Phi) is 6.10. The lowest BCUT2D eigenvalue weighted by molar-refractivity contribution is -0.115. The van der Waals surface area contributed by atoms with Crippen LogP contribution in [0.1, 0.15) is 37.5 Å². The van der Waals surface area contributed by atoms with Gasteiger partial charge in [-0.15, -0.1) is 0 Å². The van der Waals surface area contributed by atoms with Crippen LogP contribution < -0.4 is 10.6 Å². The molecule has 168 valence electrons. The number of carboxylic acid groups (broad SMARTS) is 1. The van der Waals surface area contributed by atoms with E-state index in [0.717, 1.165) is 11.1 Å². The average molecular weight is 452 g/mol. The maximum atomic E-state index is 12.8. The van der Waals surface area contributed by atoms with E-state index in [0.29, 0.717) is 16.6 Å². The highest BCUT2D eigenvalue weighted by atomic mass is 16.4. The first kappa shape index (κ1) is 22.3. The molecule has 4 N–H and O–H groups in total. The van der Waals surface area contributed by atoms with E-state index in [1.165, 1.54) is 18.2 Å². The van der Waals surface area contributed by atoms with Gasteiger partial charge in [-0.1, -0.05) is 36.4 Å². The molecular weight excluding hydrogens is 432 g/mol. The predicted octanol–water partition coefficient (Wildman–Crippen LogP) is 4.48. The van der Waals surface area contributed by atoms with Crippen LogP contribution in [0.15, 0.2) is 66.7 Å². The Bertz CT molecular complexity index is 1480. The summed E-state index contributed by atoms with van der Waals surface area (Å²) in [6.07, 6.45) is 0.216. The Balaban J connectivity index is 1.57. The van der Waals surface area contributed by atoms with Gasteiger partial charge in [-0.25, -0.2) is 4.79 Å². The Hall–Kier alpha value is -4.90. The number of aromatic nitrogens is 1. The zero-order valence-electron chi connectivity index (χ0n) is 18.2. The second-order valence-electron chi connectivity index (χ2n) is 7.74. The highest BCUT2D eigenvalue weighted by Gasteiger charge is 2.17. The number of hydrogen-bond donors (Lipinski definition) is 4. The third-order valence-corrected chi connectivity index (χ3v) is 5.41. The molecule has 0 saturated heterocycles. The number of H-pyrrole nitrogens is 1. The van der Waals surface area contributed by atoms with Gasteiger partial charge in [-0.05, 0) is 48.4 Å². The Morgan fingerprint density at radius 2 is 1.76 bits per heavy atom. The number of carboxylic acids is 1. The third-order valence-electron chi connectivity index (χ3n) is 5.41. The number of nitriles is 1. The number of rotatable bonds is 6. The van der Waals surface area contributed by atoms with Crippen LogP contribution in [0.4, 0.5) is 11.4 Å². The molecule has 2 amide bonds. The van der Waals surface area contributed by atoms with E-state index >= 15 is 0 Å². The van der Waals surface area contributed by atoms with E-state index in [1.807, 2.05) is 37.3 Å². The molecule has 1 aromatic heterocycles. The molecule has 8 nitrogen and oxygen atoms in total. The lowest BCUT2D eigenvalue weighted by Crippen LogP contribution is -2.16. The van der Waals surface area contributed by atoms with Crippen molar-refractivity contribution in [2.75, 3.05) is 10.6 Å². The SMILES string of the molecule is Cc1ccccc1CC(=O)Nc1cccc2cc(C(=O)Nc3ccc(C#N)cc3C(=O)O)[nH]c12. The number of aromatic carboxylic acids is 1. The van der Waals surface area contributed by atoms with Crippen molar-refractivity contribution < 1.29 is 19.5 Å². The van der Waals surface area contributed by atoms with Crippen molar-refractivity contribution in [1.82, 2.24) is 4.98 Å². The van der Waals surface area contributed by atoms with E-state index in [4.69, 9.17) is 5.26 Å². The molecule has 4 rings (SSSR count). The van der Waals surface area contributed by atoms with E-state index in [1.54, 1.807) is 24.3 Å². The molecule has 0 fully saturated rings. The molecule has 34 heavy (non-hydrogen) atoms. The summed E-state index contributed by atoms with van der Waals surface area (Å²) in [5.74, 6) is -2.01. The fourth-order valence-electron chi connectivity index (χ4n) is 3.65. The van der Waals surface area contributed by atoms with Gasteiger partial charge in [0.15, 0.2) is 0 Å². The van der Waals surface area contributed by atoms with E-state index < -0.39 is 11.9 Å². The number of carbonyl (C=O) groups is 3. The number of nitrogens with zero attached hydrogens (tertiary/aromatic N) is 1. The van der Waals surface area contributed by atoms with Crippen molar-refractivity contribution in [2.45, 2.75) is 13.3 Å². The lowest BCUT2D eigenvalue weighted by Gasteiger charge is -2.09. The van der Waals surface area contributed by atoms with Crippen molar-refractivity contribution in [3.8, 4) is 6.07 Å². The zero-order chi connectivity index (χ0) is 24.2. The number of hydrogen-bond acceptors (Lipinski definition) is 4. The first-order valence-electron chi connectivity index (χ1n) is 10.4. The minimum atomic E-state index is -1.26. The molecular formula is C26H20N4O4. The summed E-state index contributed by atoms with van der Waals surface area (Å²) >= 11 is 0. The van der Waals surface area contributed by atoms with Crippen LogP contribution in [0.3, 0.4) is 0 Å². The molecule has 0 atom stereocenters. The summed E-state index contributed by atoms with van der Waals surface area (Å²) in [6.45, 7) is 1.95. The van der Waals surface area contributed by atoms with Crippen LogP contribution in [-0.4, -0.2) is 27.9 Å². The number of para-hydroxylation sites is 1. The minimum absolute atomic E-state index is 0.0712. The molecule has 0 aliphatic carbocycles. The summed E-state index contributed by atoms with van der Waals surface area (Å²) < 4.78 is 0. The summed E-state index contributed by atoms with van der Waals surface area (Å²) in [4.78, 5) is 40.0. The monoisotopic (exact) mass is 452 g/mol. The molecule has 0 aliphatic rings. The van der Waals surface area contributed by atoms with Crippen molar-refractivity contribution in [3.05, 3.63) is 94.7 Å². The number of benzene rings is 3. The van der Waals surface area contributed by atoms with Crippen LogP contribution in [0, 0.1) is 18.3 Å². The molecule has 0 saturated carbocycles. The highest BCUT2D eigenvalue weighted by molar-refractivity contribution is 6.10. The summed E-state index contributed by atoms with van der Waals surface area (Å²) in [6, 6.07) is 20.4. The normalized spacial score (nSPS) is 10.5. The maximum absolute atomic E-state index is 12.8. The largest absolute Gasteiger partial charge is 0.478 e. The quantitative estimate of drug-likeness (QED) is 0.342. The van der Waals surface area contributed by atoms with Crippen LogP contribution in [-0.2, 0) is 11.2 Å². The molecule has 1 heterocycles. The number of fused-ring (bicyclic) bond motifs is 1. The van der Waals surface area contributed by atoms with E-state index in [2.05, 4.69) is 15.6 Å². The van der Waals surface area contributed by atoms with Crippen LogP contribution >= 0.6 is 0 Å². The highest BCUT2D eigenvalue weighted by Crippen LogP contribution is 2.25. The summed E-state index contributed by atoms with van der Waals surface area (Å²) in [5.41, 5.74) is 3.30. The van der Waals surface area contributed by atoms with Gasteiger partial charge in [-0.3, -0.25) is 9.59 Å². The second kappa shape index (κ2) is 9.30. The number of aryl methyl sites for hydroxylation is 1. The molecule has 0 unspecified atom stereocenters. The fourth-order valence-corrected chi connectivity index (χ4v) is 3.65. The van der Waals surface area contributed by atoms with Crippen molar-refractivity contribution in [1.29, 1.82) is 5.26 Å².